The molecule has 88 valence electrons. The van der Waals surface area contributed by atoms with Gasteiger partial charge < -0.3 is 10.1 Å². The fourth-order valence-electron chi connectivity index (χ4n) is 1.70. The minimum absolute atomic E-state index is 0.344. The Morgan fingerprint density at radius 2 is 2.31 bits per heavy atom. The van der Waals surface area contributed by atoms with E-state index in [4.69, 9.17) is 27.9 Å². The van der Waals surface area contributed by atoms with Crippen molar-refractivity contribution in [3.05, 3.63) is 16.4 Å². The van der Waals surface area contributed by atoms with Gasteiger partial charge in [0, 0.05) is 25.8 Å². The van der Waals surface area contributed by atoms with Crippen LogP contribution in [0.2, 0.25) is 10.3 Å². The van der Waals surface area contributed by atoms with Gasteiger partial charge in [-0.05, 0) is 18.8 Å². The van der Waals surface area contributed by atoms with E-state index < -0.39 is 0 Å². The van der Waals surface area contributed by atoms with Crippen molar-refractivity contribution in [2.24, 2.45) is 5.92 Å². The molecule has 0 amide bonds. The van der Waals surface area contributed by atoms with Crippen molar-refractivity contribution in [1.82, 2.24) is 10.2 Å². The predicted molar refractivity (Wildman–Crippen MR) is 64.1 cm³/mol. The molecular weight excluding hydrogens is 249 g/mol. The van der Waals surface area contributed by atoms with Gasteiger partial charge in [-0.1, -0.05) is 23.2 Å². The highest BCUT2D eigenvalue weighted by molar-refractivity contribution is 6.33. The first-order valence-corrected chi connectivity index (χ1v) is 6.01. The first-order valence-electron chi connectivity index (χ1n) is 5.26. The summed E-state index contributed by atoms with van der Waals surface area (Å²) >= 11 is 11.6. The van der Waals surface area contributed by atoms with Crippen LogP contribution in [0.5, 0.6) is 0 Å². The third-order valence-corrected chi connectivity index (χ3v) is 3.07. The average Bonchev–Trinajstić information content (AvgIpc) is 2.76. The van der Waals surface area contributed by atoms with Crippen molar-refractivity contribution < 1.29 is 4.74 Å². The highest BCUT2D eigenvalue weighted by Crippen LogP contribution is 2.22. The average molecular weight is 262 g/mol. The molecule has 1 aromatic rings. The first kappa shape index (κ1) is 11.9. The molecule has 4 nitrogen and oxygen atoms in total. The quantitative estimate of drug-likeness (QED) is 0.906. The molecule has 1 fully saturated rings. The molecule has 2 rings (SSSR count). The van der Waals surface area contributed by atoms with Crippen molar-refractivity contribution in [2.75, 3.05) is 25.1 Å². The number of hydrogen-bond acceptors (Lipinski definition) is 4. The molecule has 1 aliphatic heterocycles. The number of hydrogen-bond donors (Lipinski definition) is 1. The third-order valence-electron chi connectivity index (χ3n) is 2.61. The Morgan fingerprint density at radius 1 is 1.44 bits per heavy atom. The Morgan fingerprint density at radius 3 is 3.06 bits per heavy atom. The molecule has 0 aromatic carbocycles. The monoisotopic (exact) mass is 261 g/mol. The maximum Gasteiger partial charge on any atom is 0.174 e. The van der Waals surface area contributed by atoms with Crippen LogP contribution in [0.1, 0.15) is 12.8 Å². The molecular formula is C10H13Cl2N3O. The van der Waals surface area contributed by atoms with Crippen LogP contribution in [0.25, 0.3) is 0 Å². The summed E-state index contributed by atoms with van der Waals surface area (Å²) in [6.45, 7) is 2.59. The van der Waals surface area contributed by atoms with Crippen molar-refractivity contribution in [3.63, 3.8) is 0 Å². The van der Waals surface area contributed by atoms with Crippen LogP contribution in [-0.2, 0) is 4.74 Å². The Balaban J connectivity index is 1.82. The van der Waals surface area contributed by atoms with Crippen LogP contribution in [0.4, 0.5) is 5.69 Å². The molecule has 6 heteroatoms. The van der Waals surface area contributed by atoms with Gasteiger partial charge in [0.25, 0.3) is 0 Å². The number of aromatic nitrogens is 2. The van der Waals surface area contributed by atoms with Crippen LogP contribution < -0.4 is 5.32 Å². The van der Waals surface area contributed by atoms with Crippen LogP contribution in [0, 0.1) is 5.92 Å². The lowest BCUT2D eigenvalue weighted by Gasteiger charge is -2.10. The van der Waals surface area contributed by atoms with Gasteiger partial charge in [-0.2, -0.15) is 0 Å². The van der Waals surface area contributed by atoms with E-state index in [0.717, 1.165) is 38.3 Å². The maximum atomic E-state index is 5.87. The summed E-state index contributed by atoms with van der Waals surface area (Å²) in [6, 6.07) is 1.68. The number of anilines is 1. The summed E-state index contributed by atoms with van der Waals surface area (Å²) in [5.41, 5.74) is 0.737. The largest absolute Gasteiger partial charge is 0.382 e. The highest BCUT2D eigenvalue weighted by atomic mass is 35.5. The number of halogens is 2. The number of nitrogens with one attached hydrogen (secondary N) is 1. The number of nitrogens with zero attached hydrogens (tertiary/aromatic N) is 2. The third kappa shape index (κ3) is 3.20. The molecule has 2 heterocycles. The summed E-state index contributed by atoms with van der Waals surface area (Å²) in [5, 5.41) is 11.3. The fourth-order valence-corrected chi connectivity index (χ4v) is 2.01. The standard InChI is InChI=1S/C10H13Cl2N3O/c11-9-5-8(10(12)15-14-9)13-3-1-7-2-4-16-6-7/h5,7H,1-4,6H2,(H,13,14). The molecule has 1 aliphatic rings. The topological polar surface area (TPSA) is 47.0 Å². The van der Waals surface area contributed by atoms with Crippen LogP contribution in [-0.4, -0.2) is 30.0 Å². The van der Waals surface area contributed by atoms with E-state index in [1.165, 1.54) is 0 Å². The van der Waals surface area contributed by atoms with Gasteiger partial charge in [0.15, 0.2) is 10.3 Å². The minimum atomic E-state index is 0.344. The van der Waals surface area contributed by atoms with Crippen LogP contribution in [0.15, 0.2) is 6.07 Å². The van der Waals surface area contributed by atoms with Gasteiger partial charge in [-0.15, -0.1) is 10.2 Å². The Hall–Kier alpha value is -0.580. The molecule has 16 heavy (non-hydrogen) atoms. The van der Waals surface area contributed by atoms with E-state index in [1.54, 1.807) is 6.07 Å². The zero-order valence-electron chi connectivity index (χ0n) is 8.75. The van der Waals surface area contributed by atoms with Gasteiger partial charge in [-0.25, -0.2) is 0 Å². The summed E-state index contributed by atoms with van der Waals surface area (Å²) in [5.74, 6) is 0.650. The molecule has 0 radical (unpaired) electrons. The van der Waals surface area contributed by atoms with Crippen molar-refractivity contribution in [1.29, 1.82) is 0 Å². The Labute approximate surface area is 104 Å². The zero-order chi connectivity index (χ0) is 11.4. The van der Waals surface area contributed by atoms with Gasteiger partial charge >= 0.3 is 0 Å². The second-order valence-electron chi connectivity index (χ2n) is 3.82. The second kappa shape index (κ2) is 5.66. The summed E-state index contributed by atoms with van der Waals surface area (Å²) in [7, 11) is 0. The van der Waals surface area contributed by atoms with Gasteiger partial charge in [0.05, 0.1) is 5.69 Å². The zero-order valence-corrected chi connectivity index (χ0v) is 10.3. The Bertz CT molecular complexity index is 356. The molecule has 1 atom stereocenters. The normalized spacial score (nSPS) is 20.0. The lowest BCUT2D eigenvalue weighted by molar-refractivity contribution is 0.185. The van der Waals surface area contributed by atoms with Crippen LogP contribution in [0.3, 0.4) is 0 Å². The summed E-state index contributed by atoms with van der Waals surface area (Å²) in [6.07, 6.45) is 2.21. The molecule has 1 N–H and O–H groups in total. The minimum Gasteiger partial charge on any atom is -0.382 e. The van der Waals surface area contributed by atoms with E-state index >= 15 is 0 Å². The van der Waals surface area contributed by atoms with Gasteiger partial charge in [-0.3, -0.25) is 0 Å². The van der Waals surface area contributed by atoms with Gasteiger partial charge in [0.1, 0.15) is 0 Å². The van der Waals surface area contributed by atoms with Crippen molar-refractivity contribution in [3.8, 4) is 0 Å². The Kier molecular flexibility index (Phi) is 4.21. The van der Waals surface area contributed by atoms with E-state index in [9.17, 15) is 0 Å². The molecule has 1 unspecified atom stereocenters. The predicted octanol–water partition coefficient (Wildman–Crippen LogP) is 2.62. The first-order chi connectivity index (χ1) is 7.75. The van der Waals surface area contributed by atoms with E-state index in [-0.39, 0.29) is 0 Å². The van der Waals surface area contributed by atoms with E-state index in [1.807, 2.05) is 0 Å². The smallest absolute Gasteiger partial charge is 0.174 e. The van der Waals surface area contributed by atoms with Crippen LogP contribution >= 0.6 is 23.2 Å². The molecule has 1 aromatic heterocycles. The SMILES string of the molecule is Clc1cc(NCCC2CCOC2)c(Cl)nn1. The molecule has 0 saturated carbocycles. The van der Waals surface area contributed by atoms with Crippen molar-refractivity contribution >= 4 is 28.9 Å². The second-order valence-corrected chi connectivity index (χ2v) is 4.56. The lowest BCUT2D eigenvalue weighted by atomic mass is 10.1. The number of rotatable bonds is 4. The maximum absolute atomic E-state index is 5.87. The van der Waals surface area contributed by atoms with Gasteiger partial charge in [0.2, 0.25) is 0 Å². The van der Waals surface area contributed by atoms with Crippen molar-refractivity contribution in [2.45, 2.75) is 12.8 Å². The summed E-state index contributed by atoms with van der Waals surface area (Å²) in [4.78, 5) is 0. The summed E-state index contributed by atoms with van der Waals surface area (Å²) < 4.78 is 5.31. The molecule has 0 bridgehead atoms. The molecule has 0 spiro atoms. The fraction of sp³-hybridized carbons (Fsp3) is 0.600. The lowest BCUT2D eigenvalue weighted by Crippen LogP contribution is -2.09. The van der Waals surface area contributed by atoms with E-state index in [0.29, 0.717) is 16.2 Å². The molecule has 1 saturated heterocycles. The number of ether oxygens (including phenoxy) is 1. The highest BCUT2D eigenvalue weighted by Gasteiger charge is 2.15. The van der Waals surface area contributed by atoms with E-state index in [2.05, 4.69) is 15.5 Å². The molecule has 0 aliphatic carbocycles.